The quantitative estimate of drug-likeness (QED) is 0.707. The highest BCUT2D eigenvalue weighted by Crippen LogP contribution is 2.10. The summed E-state index contributed by atoms with van der Waals surface area (Å²) in [5, 5.41) is 6.07. The molecule has 0 atom stereocenters. The third-order valence-corrected chi connectivity index (χ3v) is 2.61. The van der Waals surface area contributed by atoms with Crippen molar-refractivity contribution < 1.29 is 4.79 Å². The van der Waals surface area contributed by atoms with Gasteiger partial charge in [0.2, 0.25) is 5.91 Å². The van der Waals surface area contributed by atoms with Gasteiger partial charge in [-0.05, 0) is 45.6 Å². The number of amides is 1. The lowest BCUT2D eigenvalue weighted by Gasteiger charge is -2.10. The molecule has 0 aliphatic heterocycles. The van der Waals surface area contributed by atoms with Crippen molar-refractivity contribution in [3.05, 3.63) is 18.3 Å². The Morgan fingerprint density at radius 1 is 1.37 bits per heavy atom. The van der Waals surface area contributed by atoms with Crippen molar-refractivity contribution in [2.75, 3.05) is 37.8 Å². The summed E-state index contributed by atoms with van der Waals surface area (Å²) in [5.74, 6) is 0.878. The lowest BCUT2D eigenvalue weighted by Crippen LogP contribution is -2.16. The Hall–Kier alpha value is -1.62. The third kappa shape index (κ3) is 6.76. The Labute approximate surface area is 115 Å². The van der Waals surface area contributed by atoms with Gasteiger partial charge in [-0.1, -0.05) is 6.92 Å². The van der Waals surface area contributed by atoms with Crippen LogP contribution < -0.4 is 10.6 Å². The molecule has 106 valence electrons. The van der Waals surface area contributed by atoms with E-state index in [1.807, 2.05) is 19.1 Å². The first kappa shape index (κ1) is 15.4. The standard InChI is InChI=1S/C14H24N4O/c1-4-6-14(19)17-12-7-8-13(16-11-12)15-9-5-10-18(2)3/h7-8,11H,4-6,9-10H2,1-3H3,(H,15,16)(H,17,19). The lowest BCUT2D eigenvalue weighted by atomic mass is 10.3. The number of rotatable bonds is 8. The van der Waals surface area contributed by atoms with Crippen LogP contribution in [0.25, 0.3) is 0 Å². The molecule has 1 aromatic heterocycles. The molecular weight excluding hydrogens is 240 g/mol. The Balaban J connectivity index is 2.33. The number of anilines is 2. The van der Waals surface area contributed by atoms with Gasteiger partial charge in [-0.25, -0.2) is 4.98 Å². The summed E-state index contributed by atoms with van der Waals surface area (Å²) in [5.41, 5.74) is 0.747. The molecule has 0 saturated heterocycles. The fourth-order valence-corrected chi connectivity index (χ4v) is 1.63. The van der Waals surface area contributed by atoms with Crippen molar-refractivity contribution >= 4 is 17.4 Å². The maximum absolute atomic E-state index is 11.4. The van der Waals surface area contributed by atoms with Crippen molar-refractivity contribution in [3.63, 3.8) is 0 Å². The maximum atomic E-state index is 11.4. The highest BCUT2D eigenvalue weighted by molar-refractivity contribution is 5.90. The van der Waals surface area contributed by atoms with Crippen LogP contribution in [0.15, 0.2) is 18.3 Å². The van der Waals surface area contributed by atoms with Crippen LogP contribution in [0.4, 0.5) is 11.5 Å². The van der Waals surface area contributed by atoms with Crippen molar-refractivity contribution in [2.24, 2.45) is 0 Å². The van der Waals surface area contributed by atoms with E-state index in [2.05, 4.69) is 34.6 Å². The van der Waals surface area contributed by atoms with Crippen LogP contribution in [0, 0.1) is 0 Å². The normalized spacial score (nSPS) is 10.5. The summed E-state index contributed by atoms with van der Waals surface area (Å²) in [6.07, 6.45) is 4.15. The summed E-state index contributed by atoms with van der Waals surface area (Å²) in [4.78, 5) is 17.8. The number of hydrogen-bond donors (Lipinski definition) is 2. The fraction of sp³-hybridized carbons (Fsp3) is 0.571. The highest BCUT2D eigenvalue weighted by Gasteiger charge is 2.01. The molecule has 0 aromatic carbocycles. The predicted molar refractivity (Wildman–Crippen MR) is 79.4 cm³/mol. The summed E-state index contributed by atoms with van der Waals surface area (Å²) < 4.78 is 0. The van der Waals surface area contributed by atoms with Gasteiger partial charge in [-0.3, -0.25) is 4.79 Å². The molecule has 19 heavy (non-hydrogen) atoms. The largest absolute Gasteiger partial charge is 0.370 e. The van der Waals surface area contributed by atoms with E-state index in [0.29, 0.717) is 6.42 Å². The molecule has 0 spiro atoms. The number of nitrogens with zero attached hydrogens (tertiary/aromatic N) is 2. The summed E-state index contributed by atoms with van der Waals surface area (Å²) >= 11 is 0. The molecule has 0 bridgehead atoms. The first-order valence-electron chi connectivity index (χ1n) is 6.76. The monoisotopic (exact) mass is 264 g/mol. The van der Waals surface area contributed by atoms with Gasteiger partial charge in [-0.15, -0.1) is 0 Å². The minimum absolute atomic E-state index is 0.0380. The van der Waals surface area contributed by atoms with E-state index < -0.39 is 0 Å². The summed E-state index contributed by atoms with van der Waals surface area (Å²) in [7, 11) is 4.12. The molecule has 0 aliphatic carbocycles. The third-order valence-electron chi connectivity index (χ3n) is 2.61. The number of nitrogens with one attached hydrogen (secondary N) is 2. The maximum Gasteiger partial charge on any atom is 0.224 e. The molecule has 2 N–H and O–H groups in total. The van der Waals surface area contributed by atoms with Crippen molar-refractivity contribution in [1.82, 2.24) is 9.88 Å². The van der Waals surface area contributed by atoms with Crippen LogP contribution in [0.5, 0.6) is 0 Å². The Bertz CT molecular complexity index is 376. The van der Waals surface area contributed by atoms with Crippen LogP contribution in [0.1, 0.15) is 26.2 Å². The van der Waals surface area contributed by atoms with E-state index in [4.69, 9.17) is 0 Å². The van der Waals surface area contributed by atoms with Gasteiger partial charge in [0.05, 0.1) is 11.9 Å². The van der Waals surface area contributed by atoms with E-state index in [9.17, 15) is 4.79 Å². The summed E-state index contributed by atoms with van der Waals surface area (Å²) in [6, 6.07) is 3.76. The average Bonchev–Trinajstić information content (AvgIpc) is 2.36. The van der Waals surface area contributed by atoms with Crippen LogP contribution in [0.3, 0.4) is 0 Å². The van der Waals surface area contributed by atoms with Crippen LogP contribution in [-0.4, -0.2) is 43.0 Å². The predicted octanol–water partition coefficient (Wildman–Crippen LogP) is 2.18. The van der Waals surface area contributed by atoms with E-state index in [1.54, 1.807) is 6.20 Å². The zero-order chi connectivity index (χ0) is 14.1. The Morgan fingerprint density at radius 2 is 2.16 bits per heavy atom. The zero-order valence-electron chi connectivity index (χ0n) is 12.1. The van der Waals surface area contributed by atoms with E-state index in [-0.39, 0.29) is 5.91 Å². The molecule has 0 fully saturated rings. The van der Waals surface area contributed by atoms with Crippen molar-refractivity contribution in [2.45, 2.75) is 26.2 Å². The number of carbonyl (C=O) groups is 1. The molecular formula is C14H24N4O. The molecule has 1 aromatic rings. The second-order valence-electron chi connectivity index (χ2n) is 4.81. The molecule has 1 amide bonds. The van der Waals surface area contributed by atoms with Gasteiger partial charge in [-0.2, -0.15) is 0 Å². The van der Waals surface area contributed by atoms with Crippen LogP contribution >= 0.6 is 0 Å². The SMILES string of the molecule is CCCC(=O)Nc1ccc(NCCCN(C)C)nc1. The molecule has 1 heterocycles. The molecule has 0 aliphatic rings. The second kappa shape index (κ2) is 8.48. The lowest BCUT2D eigenvalue weighted by molar-refractivity contribution is -0.116. The van der Waals surface area contributed by atoms with Gasteiger partial charge in [0, 0.05) is 13.0 Å². The van der Waals surface area contributed by atoms with E-state index in [1.165, 1.54) is 0 Å². The first-order valence-corrected chi connectivity index (χ1v) is 6.76. The molecule has 5 nitrogen and oxygen atoms in total. The molecule has 0 radical (unpaired) electrons. The summed E-state index contributed by atoms with van der Waals surface area (Å²) in [6.45, 7) is 3.93. The first-order chi connectivity index (χ1) is 9.11. The highest BCUT2D eigenvalue weighted by atomic mass is 16.1. The second-order valence-corrected chi connectivity index (χ2v) is 4.81. The minimum Gasteiger partial charge on any atom is -0.370 e. The number of carbonyl (C=O) groups excluding carboxylic acids is 1. The van der Waals surface area contributed by atoms with Crippen molar-refractivity contribution in [1.29, 1.82) is 0 Å². The van der Waals surface area contributed by atoms with Crippen LogP contribution in [0.2, 0.25) is 0 Å². The molecule has 5 heteroatoms. The van der Waals surface area contributed by atoms with Gasteiger partial charge in [0.25, 0.3) is 0 Å². The van der Waals surface area contributed by atoms with Crippen molar-refractivity contribution in [3.8, 4) is 0 Å². The Morgan fingerprint density at radius 3 is 2.74 bits per heavy atom. The minimum atomic E-state index is 0.0380. The van der Waals surface area contributed by atoms with Gasteiger partial charge < -0.3 is 15.5 Å². The number of aromatic nitrogens is 1. The topological polar surface area (TPSA) is 57.3 Å². The molecule has 0 saturated carbocycles. The van der Waals surface area contributed by atoms with E-state index >= 15 is 0 Å². The number of hydrogen-bond acceptors (Lipinski definition) is 4. The molecule has 0 unspecified atom stereocenters. The average molecular weight is 264 g/mol. The fourth-order valence-electron chi connectivity index (χ4n) is 1.63. The number of pyridine rings is 1. The van der Waals surface area contributed by atoms with Gasteiger partial charge >= 0.3 is 0 Å². The van der Waals surface area contributed by atoms with Gasteiger partial charge in [0.1, 0.15) is 5.82 Å². The van der Waals surface area contributed by atoms with Gasteiger partial charge in [0.15, 0.2) is 0 Å². The molecule has 1 rings (SSSR count). The Kier molecular flexibility index (Phi) is 6.89. The van der Waals surface area contributed by atoms with E-state index in [0.717, 1.165) is 37.4 Å². The zero-order valence-corrected chi connectivity index (χ0v) is 12.1. The smallest absolute Gasteiger partial charge is 0.224 e. The van der Waals surface area contributed by atoms with Crippen LogP contribution in [-0.2, 0) is 4.79 Å².